The molecule has 74 valence electrons. The SMILES string of the molecule is CC(C)(C#N)CCN1CC[C@@H](N)C1. The minimum absolute atomic E-state index is 0.188. The van der Waals surface area contributed by atoms with Gasteiger partial charge in [0.05, 0.1) is 11.5 Å². The maximum absolute atomic E-state index is 8.83. The summed E-state index contributed by atoms with van der Waals surface area (Å²) in [6, 6.07) is 2.67. The van der Waals surface area contributed by atoms with Gasteiger partial charge in [-0.2, -0.15) is 5.26 Å². The Morgan fingerprint density at radius 3 is 2.77 bits per heavy atom. The fourth-order valence-corrected chi connectivity index (χ4v) is 1.56. The van der Waals surface area contributed by atoms with Gasteiger partial charge in [-0.25, -0.2) is 0 Å². The zero-order valence-corrected chi connectivity index (χ0v) is 8.58. The molecule has 0 unspecified atom stereocenters. The molecule has 1 saturated heterocycles. The van der Waals surface area contributed by atoms with E-state index in [0.717, 1.165) is 32.5 Å². The van der Waals surface area contributed by atoms with Crippen LogP contribution in [0, 0.1) is 16.7 Å². The number of hydrogen-bond donors (Lipinski definition) is 1. The van der Waals surface area contributed by atoms with Crippen LogP contribution in [0.5, 0.6) is 0 Å². The van der Waals surface area contributed by atoms with Crippen LogP contribution in [0.3, 0.4) is 0 Å². The standard InChI is InChI=1S/C10H19N3/c1-10(2,8-11)4-6-13-5-3-9(12)7-13/h9H,3-7,12H2,1-2H3/t9-/m1/s1. The zero-order chi connectivity index (χ0) is 9.90. The van der Waals surface area contributed by atoms with Crippen LogP contribution in [0.1, 0.15) is 26.7 Å². The van der Waals surface area contributed by atoms with E-state index in [9.17, 15) is 0 Å². The number of nitriles is 1. The minimum atomic E-state index is -0.188. The van der Waals surface area contributed by atoms with Crippen molar-refractivity contribution in [1.29, 1.82) is 5.26 Å². The second-order valence-electron chi connectivity index (χ2n) is 4.60. The van der Waals surface area contributed by atoms with Crippen LogP contribution in [-0.2, 0) is 0 Å². The number of rotatable bonds is 3. The highest BCUT2D eigenvalue weighted by molar-refractivity contribution is 4.92. The van der Waals surface area contributed by atoms with Crippen molar-refractivity contribution in [2.75, 3.05) is 19.6 Å². The van der Waals surface area contributed by atoms with Gasteiger partial charge in [0.1, 0.15) is 0 Å². The van der Waals surface area contributed by atoms with Crippen molar-refractivity contribution in [3.8, 4) is 6.07 Å². The molecule has 0 bridgehead atoms. The van der Waals surface area contributed by atoms with Crippen LogP contribution in [0.2, 0.25) is 0 Å². The lowest BCUT2D eigenvalue weighted by Crippen LogP contribution is -2.29. The lowest BCUT2D eigenvalue weighted by Gasteiger charge is -2.20. The average Bonchev–Trinajstić information content (AvgIpc) is 2.48. The summed E-state index contributed by atoms with van der Waals surface area (Å²) in [6.07, 6.45) is 2.04. The molecule has 0 radical (unpaired) electrons. The van der Waals surface area contributed by atoms with Crippen LogP contribution in [-0.4, -0.2) is 30.6 Å². The highest BCUT2D eigenvalue weighted by Gasteiger charge is 2.22. The van der Waals surface area contributed by atoms with Crippen molar-refractivity contribution in [1.82, 2.24) is 4.90 Å². The molecule has 3 nitrogen and oxygen atoms in total. The Morgan fingerprint density at radius 2 is 2.31 bits per heavy atom. The molecular weight excluding hydrogens is 162 g/mol. The van der Waals surface area contributed by atoms with Crippen LogP contribution in [0.4, 0.5) is 0 Å². The molecular formula is C10H19N3. The van der Waals surface area contributed by atoms with Gasteiger partial charge in [0.2, 0.25) is 0 Å². The summed E-state index contributed by atoms with van der Waals surface area (Å²) in [5, 5.41) is 8.83. The minimum Gasteiger partial charge on any atom is -0.326 e. The van der Waals surface area contributed by atoms with Gasteiger partial charge in [-0.3, -0.25) is 0 Å². The molecule has 1 aliphatic heterocycles. The number of likely N-dealkylation sites (tertiary alicyclic amines) is 1. The fraction of sp³-hybridized carbons (Fsp3) is 0.900. The highest BCUT2D eigenvalue weighted by atomic mass is 15.2. The lowest BCUT2D eigenvalue weighted by atomic mass is 9.91. The molecule has 0 aromatic rings. The van der Waals surface area contributed by atoms with Gasteiger partial charge in [-0.1, -0.05) is 0 Å². The fourth-order valence-electron chi connectivity index (χ4n) is 1.56. The predicted molar refractivity (Wildman–Crippen MR) is 53.0 cm³/mol. The first kappa shape index (κ1) is 10.5. The molecule has 1 aliphatic rings. The van der Waals surface area contributed by atoms with E-state index in [0.29, 0.717) is 6.04 Å². The van der Waals surface area contributed by atoms with E-state index in [1.165, 1.54) is 0 Å². The Balaban J connectivity index is 2.24. The second kappa shape index (κ2) is 4.08. The number of hydrogen-bond acceptors (Lipinski definition) is 3. The summed E-state index contributed by atoms with van der Waals surface area (Å²) in [5.41, 5.74) is 5.60. The van der Waals surface area contributed by atoms with Crippen LogP contribution >= 0.6 is 0 Å². The third-order valence-corrected chi connectivity index (χ3v) is 2.66. The van der Waals surface area contributed by atoms with Gasteiger partial charge in [0, 0.05) is 12.6 Å². The van der Waals surface area contributed by atoms with Gasteiger partial charge in [-0.05, 0) is 39.8 Å². The second-order valence-corrected chi connectivity index (χ2v) is 4.60. The van der Waals surface area contributed by atoms with Gasteiger partial charge in [0.15, 0.2) is 0 Å². The summed E-state index contributed by atoms with van der Waals surface area (Å²) in [5.74, 6) is 0. The quantitative estimate of drug-likeness (QED) is 0.705. The number of nitrogens with zero attached hydrogens (tertiary/aromatic N) is 2. The van der Waals surface area contributed by atoms with Crippen molar-refractivity contribution in [3.05, 3.63) is 0 Å². The maximum Gasteiger partial charge on any atom is 0.0684 e. The normalized spacial score (nSPS) is 24.6. The molecule has 13 heavy (non-hydrogen) atoms. The van der Waals surface area contributed by atoms with E-state index in [1.54, 1.807) is 0 Å². The van der Waals surface area contributed by atoms with Crippen LogP contribution < -0.4 is 5.73 Å². The van der Waals surface area contributed by atoms with Gasteiger partial charge >= 0.3 is 0 Å². The molecule has 1 rings (SSSR count). The molecule has 1 atom stereocenters. The van der Waals surface area contributed by atoms with Gasteiger partial charge < -0.3 is 10.6 Å². The van der Waals surface area contributed by atoms with E-state index in [2.05, 4.69) is 11.0 Å². The molecule has 0 spiro atoms. The summed E-state index contributed by atoms with van der Waals surface area (Å²) in [4.78, 5) is 2.35. The molecule has 0 aromatic heterocycles. The lowest BCUT2D eigenvalue weighted by molar-refractivity contribution is 0.285. The molecule has 0 aliphatic carbocycles. The molecule has 1 fully saturated rings. The molecule has 1 heterocycles. The first-order valence-corrected chi connectivity index (χ1v) is 4.93. The molecule has 0 saturated carbocycles. The molecule has 0 amide bonds. The Bertz CT molecular complexity index is 205. The average molecular weight is 181 g/mol. The van der Waals surface area contributed by atoms with Crippen molar-refractivity contribution in [3.63, 3.8) is 0 Å². The summed E-state index contributed by atoms with van der Waals surface area (Å²) in [6.45, 7) is 7.09. The Morgan fingerprint density at radius 1 is 1.62 bits per heavy atom. The first-order valence-electron chi connectivity index (χ1n) is 4.93. The van der Waals surface area contributed by atoms with Crippen LogP contribution in [0.25, 0.3) is 0 Å². The Kier molecular flexibility index (Phi) is 3.29. The topological polar surface area (TPSA) is 53.0 Å². The van der Waals surface area contributed by atoms with Crippen LogP contribution in [0.15, 0.2) is 0 Å². The van der Waals surface area contributed by atoms with Gasteiger partial charge in [0.25, 0.3) is 0 Å². The van der Waals surface area contributed by atoms with Crippen molar-refractivity contribution >= 4 is 0 Å². The zero-order valence-electron chi connectivity index (χ0n) is 8.58. The monoisotopic (exact) mass is 181 g/mol. The summed E-state index contributed by atoms with van der Waals surface area (Å²) >= 11 is 0. The van der Waals surface area contributed by atoms with E-state index >= 15 is 0 Å². The van der Waals surface area contributed by atoms with Crippen molar-refractivity contribution < 1.29 is 0 Å². The van der Waals surface area contributed by atoms with Crippen molar-refractivity contribution in [2.24, 2.45) is 11.1 Å². The largest absolute Gasteiger partial charge is 0.326 e. The molecule has 2 N–H and O–H groups in total. The van der Waals surface area contributed by atoms with Crippen molar-refractivity contribution in [2.45, 2.75) is 32.7 Å². The first-order chi connectivity index (χ1) is 6.03. The number of nitrogens with two attached hydrogens (primary N) is 1. The summed E-state index contributed by atoms with van der Waals surface area (Å²) < 4.78 is 0. The van der Waals surface area contributed by atoms with E-state index in [1.807, 2.05) is 13.8 Å². The van der Waals surface area contributed by atoms with E-state index < -0.39 is 0 Å². The van der Waals surface area contributed by atoms with E-state index in [4.69, 9.17) is 11.0 Å². The molecule has 3 heteroatoms. The van der Waals surface area contributed by atoms with Gasteiger partial charge in [-0.15, -0.1) is 0 Å². The maximum atomic E-state index is 8.83. The Hall–Kier alpha value is -0.590. The Labute approximate surface area is 80.5 Å². The third kappa shape index (κ3) is 3.33. The third-order valence-electron chi connectivity index (χ3n) is 2.66. The molecule has 0 aromatic carbocycles. The predicted octanol–water partition coefficient (Wildman–Crippen LogP) is 0.959. The highest BCUT2D eigenvalue weighted by Crippen LogP contribution is 2.20. The summed E-state index contributed by atoms with van der Waals surface area (Å²) in [7, 11) is 0. The van der Waals surface area contributed by atoms with E-state index in [-0.39, 0.29) is 5.41 Å². The smallest absolute Gasteiger partial charge is 0.0684 e.